The van der Waals surface area contributed by atoms with Crippen LogP contribution in [0.25, 0.3) is 0 Å². The molecule has 9 nitrogen and oxygen atoms in total. The van der Waals surface area contributed by atoms with Crippen LogP contribution in [-0.4, -0.2) is 44.6 Å². The first-order valence-corrected chi connectivity index (χ1v) is 6.21. The van der Waals surface area contributed by atoms with Crippen LogP contribution in [0, 0.1) is 0 Å². The number of carbonyl (C=O) groups is 3. The second kappa shape index (κ2) is 8.62. The Morgan fingerprint density at radius 1 is 1.20 bits per heavy atom. The molecule has 0 aliphatic heterocycles. The van der Waals surface area contributed by atoms with Crippen LogP contribution in [0.2, 0.25) is 0 Å². The number of carboxylic acids is 1. The second-order valence-electron chi connectivity index (χ2n) is 4.07. The molecule has 0 unspecified atom stereocenters. The van der Waals surface area contributed by atoms with E-state index in [1.165, 1.54) is 0 Å². The fourth-order valence-electron chi connectivity index (χ4n) is 1.43. The van der Waals surface area contributed by atoms with Crippen LogP contribution in [0.3, 0.4) is 0 Å². The van der Waals surface area contributed by atoms with E-state index in [0.717, 1.165) is 0 Å². The molecule has 0 saturated heterocycles. The molecule has 0 saturated carbocycles. The number of rotatable bonds is 8. The molecule has 0 bridgehead atoms. The molecule has 1 heterocycles. The number of carbonyl (C=O) groups excluding carboxylic acids is 2. The molecule has 1 rings (SSSR count). The Hall–Kier alpha value is -2.45. The third-order valence-corrected chi connectivity index (χ3v) is 2.37. The van der Waals surface area contributed by atoms with Gasteiger partial charge in [0.25, 0.3) is 0 Å². The highest BCUT2D eigenvalue weighted by Crippen LogP contribution is 1.94. The maximum Gasteiger partial charge on any atom is 0.321 e. The van der Waals surface area contributed by atoms with Crippen molar-refractivity contribution in [1.29, 1.82) is 0 Å². The molecule has 110 valence electrons. The third-order valence-electron chi connectivity index (χ3n) is 2.37. The number of carboxylic acid groups (broad SMARTS) is 1. The van der Waals surface area contributed by atoms with Gasteiger partial charge in [0.05, 0.1) is 6.20 Å². The number of nitrogens with one attached hydrogen (secondary N) is 2. The predicted molar refractivity (Wildman–Crippen MR) is 67.7 cm³/mol. The molecule has 0 aliphatic rings. The van der Waals surface area contributed by atoms with E-state index in [1.54, 1.807) is 17.1 Å². The van der Waals surface area contributed by atoms with Gasteiger partial charge in [-0.3, -0.25) is 19.6 Å². The number of urea groups is 1. The molecule has 0 fully saturated rings. The van der Waals surface area contributed by atoms with Crippen molar-refractivity contribution in [1.82, 2.24) is 25.6 Å². The number of aliphatic carboxylic acids is 1. The summed E-state index contributed by atoms with van der Waals surface area (Å²) in [6.45, 7) is 1.01. The van der Waals surface area contributed by atoms with Gasteiger partial charge in [0.1, 0.15) is 0 Å². The second-order valence-corrected chi connectivity index (χ2v) is 4.07. The molecule has 1 aromatic rings. The Bertz CT molecular complexity index is 446. The molecule has 3 N–H and O–H groups in total. The highest BCUT2D eigenvalue weighted by molar-refractivity contribution is 5.94. The topological polar surface area (TPSA) is 126 Å². The Morgan fingerprint density at radius 3 is 2.65 bits per heavy atom. The zero-order valence-electron chi connectivity index (χ0n) is 10.9. The number of amides is 3. The molecule has 1 aromatic heterocycles. The van der Waals surface area contributed by atoms with Crippen LogP contribution in [-0.2, 0) is 16.1 Å². The summed E-state index contributed by atoms with van der Waals surface area (Å²) in [6, 6.07) is -0.580. The molecule has 20 heavy (non-hydrogen) atoms. The minimum Gasteiger partial charge on any atom is -0.481 e. The van der Waals surface area contributed by atoms with Crippen LogP contribution in [0.1, 0.15) is 25.7 Å². The summed E-state index contributed by atoms with van der Waals surface area (Å²) >= 11 is 0. The normalized spacial score (nSPS) is 10.0. The molecule has 0 atom stereocenters. The number of hydrogen-bond donors (Lipinski definition) is 3. The average Bonchev–Trinajstić information content (AvgIpc) is 2.87. The molecule has 0 aliphatic carbocycles. The van der Waals surface area contributed by atoms with Gasteiger partial charge < -0.3 is 10.4 Å². The van der Waals surface area contributed by atoms with Crippen molar-refractivity contribution in [2.45, 2.75) is 32.2 Å². The molecule has 0 aromatic carbocycles. The SMILES string of the molecule is O=C(O)CCCC(=O)NC(=O)NCCCn1ccnn1. The fraction of sp³-hybridized carbons (Fsp3) is 0.545. The van der Waals surface area contributed by atoms with E-state index in [4.69, 9.17) is 5.11 Å². The van der Waals surface area contributed by atoms with Crippen molar-refractivity contribution in [3.63, 3.8) is 0 Å². The first-order chi connectivity index (χ1) is 9.58. The highest BCUT2D eigenvalue weighted by Gasteiger charge is 2.07. The summed E-state index contributed by atoms with van der Waals surface area (Å²) in [6.07, 6.45) is 4.07. The third kappa shape index (κ3) is 7.09. The van der Waals surface area contributed by atoms with Crippen molar-refractivity contribution in [3.8, 4) is 0 Å². The van der Waals surface area contributed by atoms with E-state index in [0.29, 0.717) is 19.5 Å². The number of hydrogen-bond acceptors (Lipinski definition) is 5. The summed E-state index contributed by atoms with van der Waals surface area (Å²) < 4.78 is 1.64. The van der Waals surface area contributed by atoms with Crippen molar-refractivity contribution in [2.75, 3.05) is 6.54 Å². The Labute approximate surface area is 115 Å². The van der Waals surface area contributed by atoms with Gasteiger partial charge in [0, 0.05) is 32.1 Å². The summed E-state index contributed by atoms with van der Waals surface area (Å²) in [5, 5.41) is 20.5. The van der Waals surface area contributed by atoms with Crippen LogP contribution in [0.15, 0.2) is 12.4 Å². The summed E-state index contributed by atoms with van der Waals surface area (Å²) in [5.74, 6) is -1.45. The van der Waals surface area contributed by atoms with Gasteiger partial charge in [0.2, 0.25) is 5.91 Å². The molecular formula is C11H17N5O4. The van der Waals surface area contributed by atoms with E-state index in [2.05, 4.69) is 20.9 Å². The Morgan fingerprint density at radius 2 is 2.00 bits per heavy atom. The lowest BCUT2D eigenvalue weighted by atomic mass is 10.2. The molecular weight excluding hydrogens is 266 g/mol. The van der Waals surface area contributed by atoms with E-state index in [9.17, 15) is 14.4 Å². The van der Waals surface area contributed by atoms with Gasteiger partial charge in [-0.2, -0.15) is 0 Å². The number of aryl methyl sites for hydroxylation is 1. The maximum absolute atomic E-state index is 11.3. The van der Waals surface area contributed by atoms with Crippen LogP contribution in [0.4, 0.5) is 4.79 Å². The lowest BCUT2D eigenvalue weighted by Gasteiger charge is -2.06. The monoisotopic (exact) mass is 283 g/mol. The fourth-order valence-corrected chi connectivity index (χ4v) is 1.43. The van der Waals surface area contributed by atoms with Gasteiger partial charge in [0.15, 0.2) is 0 Å². The average molecular weight is 283 g/mol. The number of aromatic nitrogens is 3. The molecule has 0 radical (unpaired) electrons. The minimum absolute atomic E-state index is 0.0126. The molecule has 9 heteroatoms. The maximum atomic E-state index is 11.3. The van der Waals surface area contributed by atoms with Gasteiger partial charge in [-0.05, 0) is 12.8 Å². The smallest absolute Gasteiger partial charge is 0.321 e. The van der Waals surface area contributed by atoms with E-state index >= 15 is 0 Å². The van der Waals surface area contributed by atoms with E-state index in [-0.39, 0.29) is 19.3 Å². The first kappa shape index (κ1) is 15.6. The predicted octanol–water partition coefficient (Wildman–Crippen LogP) is -0.251. The lowest BCUT2D eigenvalue weighted by molar-refractivity contribution is -0.137. The Kier molecular flexibility index (Phi) is 6.72. The van der Waals surface area contributed by atoms with Crippen molar-refractivity contribution in [3.05, 3.63) is 12.4 Å². The van der Waals surface area contributed by atoms with Crippen LogP contribution >= 0.6 is 0 Å². The lowest BCUT2D eigenvalue weighted by Crippen LogP contribution is -2.39. The number of imide groups is 1. The summed E-state index contributed by atoms with van der Waals surface area (Å²) in [7, 11) is 0. The summed E-state index contributed by atoms with van der Waals surface area (Å²) in [4.78, 5) is 32.8. The largest absolute Gasteiger partial charge is 0.481 e. The highest BCUT2D eigenvalue weighted by atomic mass is 16.4. The van der Waals surface area contributed by atoms with Gasteiger partial charge in [-0.25, -0.2) is 4.79 Å². The van der Waals surface area contributed by atoms with Gasteiger partial charge in [-0.15, -0.1) is 5.10 Å². The molecule has 3 amide bonds. The molecule has 0 spiro atoms. The zero-order chi connectivity index (χ0) is 14.8. The van der Waals surface area contributed by atoms with Gasteiger partial charge in [-0.1, -0.05) is 5.21 Å². The first-order valence-electron chi connectivity index (χ1n) is 6.21. The quantitative estimate of drug-likeness (QED) is 0.565. The minimum atomic E-state index is -0.963. The van der Waals surface area contributed by atoms with Crippen molar-refractivity contribution >= 4 is 17.9 Å². The summed E-state index contributed by atoms with van der Waals surface area (Å²) in [5.41, 5.74) is 0. The number of nitrogens with zero attached hydrogens (tertiary/aromatic N) is 3. The van der Waals surface area contributed by atoms with Crippen molar-refractivity contribution < 1.29 is 19.5 Å². The zero-order valence-corrected chi connectivity index (χ0v) is 10.9. The van der Waals surface area contributed by atoms with Crippen LogP contribution < -0.4 is 10.6 Å². The van der Waals surface area contributed by atoms with Crippen LogP contribution in [0.5, 0.6) is 0 Å². The Balaban J connectivity index is 2.04. The van der Waals surface area contributed by atoms with Gasteiger partial charge >= 0.3 is 12.0 Å². The van der Waals surface area contributed by atoms with Crippen molar-refractivity contribution in [2.24, 2.45) is 0 Å². The standard InChI is InChI=1S/C11H17N5O4/c17-9(3-1-4-10(18)19)14-11(20)12-5-2-7-16-8-6-13-15-16/h6,8H,1-5,7H2,(H,18,19)(H2,12,14,17,20). The van der Waals surface area contributed by atoms with E-state index < -0.39 is 17.9 Å². The van der Waals surface area contributed by atoms with E-state index in [1.807, 2.05) is 0 Å².